The fourth-order valence-electron chi connectivity index (χ4n) is 2.06. The van der Waals surface area contributed by atoms with Crippen LogP contribution < -0.4 is 5.32 Å². The van der Waals surface area contributed by atoms with Crippen molar-refractivity contribution in [1.29, 1.82) is 0 Å². The minimum Gasteiger partial charge on any atom is -0.444 e. The second kappa shape index (κ2) is 6.02. The summed E-state index contributed by atoms with van der Waals surface area (Å²) in [5.74, 6) is 2.96. The molecule has 0 saturated carbocycles. The van der Waals surface area contributed by atoms with E-state index in [-0.39, 0.29) is 6.61 Å². The zero-order valence-corrected chi connectivity index (χ0v) is 11.7. The molecule has 0 aliphatic carbocycles. The molecule has 22 heavy (non-hydrogen) atoms. The maximum absolute atomic E-state index is 11.8. The third-order valence-electron chi connectivity index (χ3n) is 3.16. The lowest BCUT2D eigenvalue weighted by molar-refractivity contribution is 0.155. The summed E-state index contributed by atoms with van der Waals surface area (Å²) in [6, 6.07) is 14.9. The lowest BCUT2D eigenvalue weighted by Gasteiger charge is -2.05. The number of terminal acetylenes is 1. The molecule has 0 atom stereocenters. The van der Waals surface area contributed by atoms with E-state index < -0.39 is 6.09 Å². The Bertz CT molecular complexity index is 847. The molecule has 2 N–H and O–H groups in total. The Kier molecular flexibility index (Phi) is 3.75. The van der Waals surface area contributed by atoms with E-state index in [0.29, 0.717) is 5.82 Å². The van der Waals surface area contributed by atoms with Crippen molar-refractivity contribution in [2.45, 2.75) is 6.61 Å². The molecular formula is C17H13N3O2. The second-order valence-electron chi connectivity index (χ2n) is 4.66. The summed E-state index contributed by atoms with van der Waals surface area (Å²) in [5.41, 5.74) is 2.42. The highest BCUT2D eigenvalue weighted by molar-refractivity contribution is 5.97. The van der Waals surface area contributed by atoms with Crippen molar-refractivity contribution in [3.05, 3.63) is 59.7 Å². The average molecular weight is 291 g/mol. The van der Waals surface area contributed by atoms with E-state index in [4.69, 9.17) is 11.2 Å². The van der Waals surface area contributed by atoms with Gasteiger partial charge in [0, 0.05) is 10.9 Å². The first-order valence-electron chi connectivity index (χ1n) is 6.69. The molecule has 0 aliphatic heterocycles. The molecule has 0 radical (unpaired) electrons. The Labute approximate surface area is 127 Å². The predicted molar refractivity (Wildman–Crippen MR) is 84.3 cm³/mol. The molecule has 0 fully saturated rings. The average Bonchev–Trinajstić information content (AvgIpc) is 2.96. The number of ether oxygens (including phenoxy) is 1. The summed E-state index contributed by atoms with van der Waals surface area (Å²) in [5, 5.41) is 10.3. The van der Waals surface area contributed by atoms with Gasteiger partial charge in [-0.15, -0.1) is 6.42 Å². The van der Waals surface area contributed by atoms with Crippen molar-refractivity contribution in [3.63, 3.8) is 0 Å². The number of carbonyl (C=O) groups is 1. The Morgan fingerprint density at radius 2 is 2.09 bits per heavy atom. The van der Waals surface area contributed by atoms with E-state index in [1.54, 1.807) is 18.2 Å². The van der Waals surface area contributed by atoms with Crippen LogP contribution >= 0.6 is 0 Å². The van der Waals surface area contributed by atoms with Gasteiger partial charge in [-0.25, -0.2) is 4.79 Å². The number of nitrogens with zero attached hydrogens (tertiary/aromatic N) is 1. The van der Waals surface area contributed by atoms with E-state index in [1.807, 2.05) is 30.3 Å². The summed E-state index contributed by atoms with van der Waals surface area (Å²) in [7, 11) is 0. The molecule has 108 valence electrons. The fourth-order valence-corrected chi connectivity index (χ4v) is 2.06. The van der Waals surface area contributed by atoms with Crippen LogP contribution in [0.5, 0.6) is 0 Å². The number of hydrogen-bond donors (Lipinski definition) is 2. The highest BCUT2D eigenvalue weighted by Crippen LogP contribution is 2.21. The number of anilines is 1. The summed E-state index contributed by atoms with van der Waals surface area (Å²) < 4.78 is 5.16. The molecule has 0 spiro atoms. The topological polar surface area (TPSA) is 67.0 Å². The van der Waals surface area contributed by atoms with Crippen LogP contribution in [0.1, 0.15) is 11.1 Å². The minimum atomic E-state index is -0.557. The van der Waals surface area contributed by atoms with Crippen molar-refractivity contribution < 1.29 is 9.53 Å². The monoisotopic (exact) mass is 291 g/mol. The third kappa shape index (κ3) is 2.91. The summed E-state index contributed by atoms with van der Waals surface area (Å²) in [6.45, 7) is 0.205. The highest BCUT2D eigenvalue weighted by Gasteiger charge is 2.10. The van der Waals surface area contributed by atoms with Crippen LogP contribution in [0.15, 0.2) is 48.5 Å². The summed E-state index contributed by atoms with van der Waals surface area (Å²) in [6.07, 6.45) is 4.79. The van der Waals surface area contributed by atoms with E-state index in [1.165, 1.54) is 0 Å². The first-order chi connectivity index (χ1) is 10.8. The maximum atomic E-state index is 11.8. The second-order valence-corrected chi connectivity index (χ2v) is 4.66. The van der Waals surface area contributed by atoms with Crippen LogP contribution in [-0.2, 0) is 11.3 Å². The zero-order chi connectivity index (χ0) is 15.4. The minimum absolute atomic E-state index is 0.205. The normalized spacial score (nSPS) is 10.1. The standard InChI is InChI=1S/C17H13N3O2/c1-2-12-8-9-14-15(10-12)19-20-16(14)18-17(21)22-11-13-6-4-3-5-7-13/h1,3-10H,11H2,(H2,18,19,20,21). The Morgan fingerprint density at radius 1 is 1.27 bits per heavy atom. The summed E-state index contributed by atoms with van der Waals surface area (Å²) in [4.78, 5) is 11.8. The van der Waals surface area contributed by atoms with Crippen molar-refractivity contribution >= 4 is 22.8 Å². The van der Waals surface area contributed by atoms with Crippen LogP contribution in [0.4, 0.5) is 10.6 Å². The predicted octanol–water partition coefficient (Wildman–Crippen LogP) is 3.29. The van der Waals surface area contributed by atoms with Crippen molar-refractivity contribution in [1.82, 2.24) is 10.2 Å². The summed E-state index contributed by atoms with van der Waals surface area (Å²) >= 11 is 0. The van der Waals surface area contributed by atoms with Gasteiger partial charge in [-0.3, -0.25) is 10.4 Å². The number of carbonyl (C=O) groups excluding carboxylic acids is 1. The number of H-pyrrole nitrogens is 1. The van der Waals surface area contributed by atoms with Gasteiger partial charge in [-0.05, 0) is 23.8 Å². The van der Waals surface area contributed by atoms with Gasteiger partial charge >= 0.3 is 6.09 Å². The van der Waals surface area contributed by atoms with Crippen LogP contribution in [0, 0.1) is 12.3 Å². The Balaban J connectivity index is 1.68. The van der Waals surface area contributed by atoms with Crippen LogP contribution in [-0.4, -0.2) is 16.3 Å². The lowest BCUT2D eigenvalue weighted by atomic mass is 10.2. The molecule has 1 amide bonds. The maximum Gasteiger partial charge on any atom is 0.413 e. The largest absolute Gasteiger partial charge is 0.444 e. The van der Waals surface area contributed by atoms with Crippen LogP contribution in [0.2, 0.25) is 0 Å². The number of amides is 1. The van der Waals surface area contributed by atoms with Crippen molar-refractivity contribution in [2.24, 2.45) is 0 Å². The number of fused-ring (bicyclic) bond motifs is 1. The number of aromatic nitrogens is 2. The lowest BCUT2D eigenvalue weighted by Crippen LogP contribution is -2.13. The molecule has 0 saturated heterocycles. The first kappa shape index (κ1) is 13.7. The molecule has 0 unspecified atom stereocenters. The molecule has 2 aromatic carbocycles. The smallest absolute Gasteiger partial charge is 0.413 e. The third-order valence-corrected chi connectivity index (χ3v) is 3.16. The van der Waals surface area contributed by atoms with Gasteiger partial charge in [0.2, 0.25) is 0 Å². The highest BCUT2D eigenvalue weighted by atomic mass is 16.5. The van der Waals surface area contributed by atoms with Crippen molar-refractivity contribution in [2.75, 3.05) is 5.32 Å². The van der Waals surface area contributed by atoms with E-state index in [2.05, 4.69) is 21.4 Å². The molecule has 1 aromatic heterocycles. The van der Waals surface area contributed by atoms with E-state index >= 15 is 0 Å². The van der Waals surface area contributed by atoms with Gasteiger partial charge in [-0.1, -0.05) is 36.3 Å². The molecule has 5 heteroatoms. The van der Waals surface area contributed by atoms with Crippen LogP contribution in [0.3, 0.4) is 0 Å². The number of rotatable bonds is 3. The van der Waals surface area contributed by atoms with E-state index in [9.17, 15) is 4.79 Å². The molecule has 0 aliphatic rings. The fraction of sp³-hybridized carbons (Fsp3) is 0.0588. The van der Waals surface area contributed by atoms with Gasteiger partial charge in [0.1, 0.15) is 6.61 Å². The van der Waals surface area contributed by atoms with Gasteiger partial charge in [0.25, 0.3) is 0 Å². The number of benzene rings is 2. The van der Waals surface area contributed by atoms with Gasteiger partial charge < -0.3 is 4.74 Å². The van der Waals surface area contributed by atoms with Gasteiger partial charge in [0.05, 0.1) is 5.52 Å². The number of hydrogen-bond acceptors (Lipinski definition) is 3. The number of nitrogens with one attached hydrogen (secondary N) is 2. The molecule has 5 nitrogen and oxygen atoms in total. The van der Waals surface area contributed by atoms with Gasteiger partial charge in [-0.2, -0.15) is 5.10 Å². The molecule has 3 rings (SSSR count). The number of aromatic amines is 1. The van der Waals surface area contributed by atoms with E-state index in [0.717, 1.165) is 22.0 Å². The molecule has 1 heterocycles. The van der Waals surface area contributed by atoms with Gasteiger partial charge in [0.15, 0.2) is 5.82 Å². The zero-order valence-electron chi connectivity index (χ0n) is 11.7. The SMILES string of the molecule is C#Cc1ccc2c(NC(=O)OCc3ccccc3)n[nH]c2c1. The Morgan fingerprint density at radius 3 is 2.86 bits per heavy atom. The Hall–Kier alpha value is -3.26. The molecule has 0 bridgehead atoms. The molecule has 3 aromatic rings. The first-order valence-corrected chi connectivity index (χ1v) is 6.69. The molecular weight excluding hydrogens is 278 g/mol. The quantitative estimate of drug-likeness (QED) is 0.728. The van der Waals surface area contributed by atoms with Crippen molar-refractivity contribution in [3.8, 4) is 12.3 Å². The van der Waals surface area contributed by atoms with Crippen LogP contribution in [0.25, 0.3) is 10.9 Å².